The Hall–Kier alpha value is -2.84. The number of aromatic amines is 1. The molecule has 13 nitrogen and oxygen atoms in total. The van der Waals surface area contributed by atoms with Gasteiger partial charge in [0.2, 0.25) is 0 Å². The quantitative estimate of drug-likeness (QED) is 0.147. The summed E-state index contributed by atoms with van der Waals surface area (Å²) in [7, 11) is -1.39. The van der Waals surface area contributed by atoms with E-state index in [1.54, 1.807) is 28.5 Å². The van der Waals surface area contributed by atoms with Gasteiger partial charge in [0.05, 0.1) is 18.2 Å². The second-order valence-electron chi connectivity index (χ2n) is 17.3. The first kappa shape index (κ1) is 50.2. The fourth-order valence-corrected chi connectivity index (χ4v) is 5.41. The predicted molar refractivity (Wildman–Crippen MR) is 212 cm³/mol. The van der Waals surface area contributed by atoms with Crippen LogP contribution in [0, 0.1) is 23.7 Å². The summed E-state index contributed by atoms with van der Waals surface area (Å²) in [6, 6.07) is 0. The second kappa shape index (κ2) is 23.2. The zero-order valence-corrected chi connectivity index (χ0v) is 36.3. The SMILES string of the molecule is CC(C)(C)OC(=O)N1CCC(C(CCO)C(=O)O)CC1.CC(C)(C)[Si](C)(C)Cl.CCCC(C(=O)O)C1CCN(C(=O)OC(C)(C)C)CC1.c1c[nH]cn1. The lowest BCUT2D eigenvalue weighted by atomic mass is 9.82. The first-order valence-electron chi connectivity index (χ1n) is 18.9. The van der Waals surface area contributed by atoms with Gasteiger partial charge in [0, 0.05) is 45.2 Å². The number of hydrogen-bond acceptors (Lipinski definition) is 8. The molecule has 2 unspecified atom stereocenters. The van der Waals surface area contributed by atoms with Gasteiger partial charge in [-0.25, -0.2) is 14.6 Å². The van der Waals surface area contributed by atoms with Crippen LogP contribution in [0.2, 0.25) is 18.1 Å². The summed E-state index contributed by atoms with van der Waals surface area (Å²) in [4.78, 5) is 56.0. The van der Waals surface area contributed by atoms with Gasteiger partial charge in [0.15, 0.2) is 7.38 Å². The maximum absolute atomic E-state index is 11.9. The van der Waals surface area contributed by atoms with Gasteiger partial charge in [-0.15, -0.1) is 0 Å². The fraction of sp³-hybridized carbons (Fsp3) is 0.816. The van der Waals surface area contributed by atoms with Crippen molar-refractivity contribution in [2.75, 3.05) is 32.8 Å². The Balaban J connectivity index is 0.000000765. The molecule has 2 fully saturated rings. The molecule has 2 aliphatic rings. The van der Waals surface area contributed by atoms with Gasteiger partial charge < -0.3 is 39.6 Å². The maximum Gasteiger partial charge on any atom is 0.410 e. The second-order valence-corrected chi connectivity index (χ2v) is 24.6. The molecule has 0 aromatic carbocycles. The molecule has 2 amide bonds. The van der Waals surface area contributed by atoms with Crippen LogP contribution >= 0.6 is 11.1 Å². The topological polar surface area (TPSA) is 183 Å². The molecule has 2 saturated heterocycles. The number of halogens is 1. The molecule has 3 rings (SSSR count). The summed E-state index contributed by atoms with van der Waals surface area (Å²) in [5, 5.41) is 27.7. The molecule has 4 N–H and O–H groups in total. The van der Waals surface area contributed by atoms with E-state index in [1.807, 2.05) is 48.5 Å². The molecule has 0 spiro atoms. The molecular formula is C38H71ClN4O9Si. The molecule has 0 bridgehead atoms. The molecule has 15 heteroatoms. The number of carbonyl (C=O) groups excluding carboxylic acids is 2. The minimum atomic E-state index is -1.39. The van der Waals surface area contributed by atoms with Gasteiger partial charge in [-0.05, 0) is 96.9 Å². The molecule has 2 aliphatic heterocycles. The Morgan fingerprint density at radius 1 is 0.792 bits per heavy atom. The number of carboxylic acid groups (broad SMARTS) is 2. The zero-order chi connectivity index (χ0) is 41.2. The minimum absolute atomic E-state index is 0.0123. The maximum atomic E-state index is 11.9. The number of aliphatic hydroxyl groups is 1. The number of amides is 2. The molecule has 2 atom stereocenters. The lowest BCUT2D eigenvalue weighted by Crippen LogP contribution is -2.43. The van der Waals surface area contributed by atoms with Crippen LogP contribution in [0.15, 0.2) is 18.7 Å². The molecule has 1 aromatic rings. The normalized spacial score (nSPS) is 17.0. The van der Waals surface area contributed by atoms with Crippen LogP contribution in [0.4, 0.5) is 9.59 Å². The van der Waals surface area contributed by atoms with Gasteiger partial charge in [0.25, 0.3) is 0 Å². The number of likely N-dealkylation sites (tertiary alicyclic amines) is 2. The number of aliphatic hydroxyl groups excluding tert-OH is 1. The van der Waals surface area contributed by atoms with Crippen LogP contribution < -0.4 is 0 Å². The van der Waals surface area contributed by atoms with E-state index in [4.69, 9.17) is 30.8 Å². The first-order valence-corrected chi connectivity index (χ1v) is 22.9. The molecule has 308 valence electrons. The summed E-state index contributed by atoms with van der Waals surface area (Å²) < 4.78 is 10.6. The van der Waals surface area contributed by atoms with Gasteiger partial charge >= 0.3 is 24.1 Å². The van der Waals surface area contributed by atoms with Crippen LogP contribution in [0.1, 0.15) is 114 Å². The summed E-state index contributed by atoms with van der Waals surface area (Å²) in [5.41, 5.74) is -1.01. The zero-order valence-electron chi connectivity index (χ0n) is 34.5. The lowest BCUT2D eigenvalue weighted by Gasteiger charge is -2.35. The van der Waals surface area contributed by atoms with Crippen molar-refractivity contribution in [1.29, 1.82) is 0 Å². The van der Waals surface area contributed by atoms with Gasteiger partial charge in [-0.3, -0.25) is 9.59 Å². The number of imidazole rings is 1. The van der Waals surface area contributed by atoms with Gasteiger partial charge in [0.1, 0.15) is 11.2 Å². The van der Waals surface area contributed by atoms with Crippen molar-refractivity contribution in [2.45, 2.75) is 144 Å². The third-order valence-electron chi connectivity index (χ3n) is 9.38. The van der Waals surface area contributed by atoms with Crippen molar-refractivity contribution >= 4 is 42.6 Å². The Kier molecular flexibility index (Phi) is 21.9. The van der Waals surface area contributed by atoms with Crippen molar-refractivity contribution in [3.63, 3.8) is 0 Å². The summed E-state index contributed by atoms with van der Waals surface area (Å²) in [5.74, 6) is -2.19. The highest BCUT2D eigenvalue weighted by Crippen LogP contribution is 2.38. The first-order chi connectivity index (χ1) is 24.2. The summed E-state index contributed by atoms with van der Waals surface area (Å²) in [6.45, 7) is 26.0. The molecule has 0 saturated carbocycles. The highest BCUT2D eigenvalue weighted by molar-refractivity contribution is 7.20. The lowest BCUT2D eigenvalue weighted by molar-refractivity contribution is -0.145. The van der Waals surface area contributed by atoms with Crippen LogP contribution in [-0.4, -0.2) is 111 Å². The monoisotopic (exact) mass is 790 g/mol. The van der Waals surface area contributed by atoms with Gasteiger partial charge in [-0.1, -0.05) is 47.2 Å². The number of rotatable bonds is 8. The Bertz CT molecular complexity index is 1090. The third-order valence-corrected chi connectivity index (χ3v) is 14.7. The van der Waals surface area contributed by atoms with Crippen LogP contribution in [0.5, 0.6) is 0 Å². The highest BCUT2D eigenvalue weighted by atomic mass is 35.6. The summed E-state index contributed by atoms with van der Waals surface area (Å²) >= 11 is 6.15. The van der Waals surface area contributed by atoms with E-state index < -0.39 is 36.4 Å². The van der Waals surface area contributed by atoms with E-state index in [1.165, 1.54) is 0 Å². The molecule has 0 aliphatic carbocycles. The molecule has 1 aromatic heterocycles. The number of piperidine rings is 2. The van der Waals surface area contributed by atoms with Crippen molar-refractivity contribution < 1.29 is 44.0 Å². The number of carbonyl (C=O) groups is 4. The van der Waals surface area contributed by atoms with E-state index in [2.05, 4.69) is 43.8 Å². The van der Waals surface area contributed by atoms with Crippen molar-refractivity contribution in [2.24, 2.45) is 23.7 Å². The summed E-state index contributed by atoms with van der Waals surface area (Å²) in [6.07, 6.45) is 9.07. The van der Waals surface area contributed by atoms with E-state index in [9.17, 15) is 24.3 Å². The van der Waals surface area contributed by atoms with E-state index in [0.29, 0.717) is 50.5 Å². The van der Waals surface area contributed by atoms with Crippen molar-refractivity contribution in [1.82, 2.24) is 19.8 Å². The van der Waals surface area contributed by atoms with E-state index >= 15 is 0 Å². The van der Waals surface area contributed by atoms with Crippen molar-refractivity contribution in [3.05, 3.63) is 18.7 Å². The Morgan fingerprint density at radius 2 is 1.15 bits per heavy atom. The fourth-order valence-electron chi connectivity index (χ4n) is 5.41. The number of aromatic nitrogens is 2. The standard InChI is InChI=1S/C15H27NO4.C14H25NO5.C6H15ClSi.C3H4N2/c1-5-6-12(13(17)18)11-7-9-16(10-8-11)14(19)20-15(2,3)4;1-14(2,3)20-13(19)15-7-4-10(5-8-15)11(6-9-16)12(17)18;1-6(2,3)8(4,5)7;1-2-5-3-4-1/h11-12H,5-10H2,1-4H3,(H,17,18);10-11,16H,4-9H2,1-3H3,(H,17,18);1-5H3;1-3H,(H,4,5). The number of H-pyrrole nitrogens is 1. The molecule has 0 radical (unpaired) electrons. The Morgan fingerprint density at radius 3 is 1.36 bits per heavy atom. The van der Waals surface area contributed by atoms with Crippen LogP contribution in [0.3, 0.4) is 0 Å². The number of nitrogens with one attached hydrogen (secondary N) is 1. The van der Waals surface area contributed by atoms with Gasteiger partial charge in [-0.2, -0.15) is 11.1 Å². The number of aliphatic carboxylic acids is 2. The predicted octanol–water partition coefficient (Wildman–Crippen LogP) is 8.49. The van der Waals surface area contributed by atoms with Crippen LogP contribution in [-0.2, 0) is 19.1 Å². The molecule has 53 heavy (non-hydrogen) atoms. The largest absolute Gasteiger partial charge is 0.481 e. The van der Waals surface area contributed by atoms with E-state index in [-0.39, 0.29) is 43.0 Å². The average molecular weight is 792 g/mol. The molecular weight excluding hydrogens is 720 g/mol. The van der Waals surface area contributed by atoms with Crippen LogP contribution in [0.25, 0.3) is 0 Å². The third kappa shape index (κ3) is 21.6. The number of carboxylic acids is 2. The number of nitrogens with zero attached hydrogens (tertiary/aromatic N) is 3. The van der Waals surface area contributed by atoms with E-state index in [0.717, 1.165) is 19.3 Å². The molecule has 3 heterocycles. The number of hydrogen-bond donors (Lipinski definition) is 4. The highest BCUT2D eigenvalue weighted by Gasteiger charge is 2.35. The Labute approximate surface area is 324 Å². The smallest absolute Gasteiger partial charge is 0.410 e. The minimum Gasteiger partial charge on any atom is -0.481 e. The number of ether oxygens (including phenoxy) is 2. The van der Waals surface area contributed by atoms with Crippen molar-refractivity contribution in [3.8, 4) is 0 Å². The average Bonchev–Trinajstić information content (AvgIpc) is 3.61.